The fourth-order valence-electron chi connectivity index (χ4n) is 5.16. The molecular formula is C32H22O5. The summed E-state index contributed by atoms with van der Waals surface area (Å²) in [5, 5.41) is 2.45. The molecule has 180 valence electrons. The van der Waals surface area contributed by atoms with Crippen molar-refractivity contribution in [3.05, 3.63) is 112 Å². The van der Waals surface area contributed by atoms with Crippen molar-refractivity contribution in [2.24, 2.45) is 0 Å². The third-order valence-corrected chi connectivity index (χ3v) is 7.03. The van der Waals surface area contributed by atoms with E-state index < -0.39 is 0 Å². The van der Waals surface area contributed by atoms with Gasteiger partial charge in [0.05, 0.1) is 23.4 Å². The Hall–Kier alpha value is -4.77. The molecule has 4 aromatic carbocycles. The summed E-state index contributed by atoms with van der Waals surface area (Å²) in [6, 6.07) is 25.4. The highest BCUT2D eigenvalue weighted by atomic mass is 16.5. The first-order valence-electron chi connectivity index (χ1n) is 12.1. The smallest absolute Gasteiger partial charge is 0.189 e. The van der Waals surface area contributed by atoms with Gasteiger partial charge in [-0.3, -0.25) is 4.79 Å². The van der Waals surface area contributed by atoms with Crippen LogP contribution < -0.4 is 14.9 Å². The van der Waals surface area contributed by atoms with Crippen LogP contribution in [0.3, 0.4) is 0 Å². The van der Waals surface area contributed by atoms with Crippen LogP contribution in [-0.4, -0.2) is 7.11 Å². The molecule has 0 radical (unpaired) electrons. The van der Waals surface area contributed by atoms with Gasteiger partial charge in [0.2, 0.25) is 0 Å². The van der Waals surface area contributed by atoms with Gasteiger partial charge in [-0.1, -0.05) is 60.7 Å². The van der Waals surface area contributed by atoms with Gasteiger partial charge < -0.3 is 18.3 Å². The second-order valence-electron chi connectivity index (χ2n) is 9.20. The lowest BCUT2D eigenvalue weighted by Gasteiger charge is -2.25. The SMILES string of the molecule is COc1cc2oc3c(C)c(=O)cc4oc(-c5ccccc5)cc(c2c2c1C=CC(c1ccccc1)O2)c43. The number of rotatable bonds is 3. The Morgan fingerprint density at radius 1 is 0.838 bits per heavy atom. The molecule has 1 aliphatic heterocycles. The number of aryl methyl sites for hydroxylation is 1. The number of fused-ring (bicyclic) bond motifs is 4. The summed E-state index contributed by atoms with van der Waals surface area (Å²) < 4.78 is 25.1. The highest BCUT2D eigenvalue weighted by Crippen LogP contribution is 2.48. The fourth-order valence-corrected chi connectivity index (χ4v) is 5.16. The number of methoxy groups -OCH3 is 1. The molecule has 2 aromatic heterocycles. The standard InChI is InChI=1S/C32H22O5/c1-18-23(33)16-27-29-22(15-25(35-27)20-11-7-4-8-12-20)30-28(37-31(18)29)17-26(34-2)21-13-14-24(36-32(21)30)19-9-5-3-6-10-19/h3-17,24H,1-2H3. The molecule has 1 aliphatic rings. The van der Waals surface area contributed by atoms with E-state index in [-0.39, 0.29) is 11.5 Å². The van der Waals surface area contributed by atoms with Gasteiger partial charge in [0.25, 0.3) is 0 Å². The number of benzene rings is 4. The highest BCUT2D eigenvalue weighted by Gasteiger charge is 2.27. The molecule has 0 fully saturated rings. The van der Waals surface area contributed by atoms with Crippen LogP contribution >= 0.6 is 0 Å². The van der Waals surface area contributed by atoms with Gasteiger partial charge >= 0.3 is 0 Å². The second kappa shape index (κ2) is 8.14. The molecule has 0 spiro atoms. The molecule has 7 rings (SSSR count). The van der Waals surface area contributed by atoms with Crippen LogP contribution in [0.1, 0.15) is 22.8 Å². The molecule has 0 saturated carbocycles. The monoisotopic (exact) mass is 486 g/mol. The molecule has 0 amide bonds. The molecular weight excluding hydrogens is 464 g/mol. The highest BCUT2D eigenvalue weighted by molar-refractivity contribution is 6.20. The Bertz CT molecular complexity index is 1910. The van der Waals surface area contributed by atoms with Gasteiger partial charge in [0.1, 0.15) is 40.1 Å². The minimum atomic E-state index is -0.269. The van der Waals surface area contributed by atoms with E-state index in [0.717, 1.165) is 32.8 Å². The van der Waals surface area contributed by atoms with Crippen molar-refractivity contribution in [1.29, 1.82) is 0 Å². The summed E-state index contributed by atoms with van der Waals surface area (Å²) >= 11 is 0. The van der Waals surface area contributed by atoms with E-state index >= 15 is 0 Å². The van der Waals surface area contributed by atoms with Gasteiger partial charge in [-0.15, -0.1) is 0 Å². The van der Waals surface area contributed by atoms with E-state index in [4.69, 9.17) is 18.3 Å². The van der Waals surface area contributed by atoms with E-state index in [1.54, 1.807) is 20.1 Å². The molecule has 0 saturated heterocycles. The van der Waals surface area contributed by atoms with Crippen LogP contribution in [-0.2, 0) is 0 Å². The first-order chi connectivity index (χ1) is 18.1. The Balaban J connectivity index is 1.62. The van der Waals surface area contributed by atoms with Gasteiger partial charge in [-0.2, -0.15) is 0 Å². The van der Waals surface area contributed by atoms with Crippen LogP contribution in [0.25, 0.3) is 50.3 Å². The summed E-state index contributed by atoms with van der Waals surface area (Å²) in [5.41, 5.74) is 4.74. The van der Waals surface area contributed by atoms with Gasteiger partial charge in [-0.25, -0.2) is 0 Å². The quantitative estimate of drug-likeness (QED) is 0.188. The topological polar surface area (TPSA) is 61.8 Å². The molecule has 1 atom stereocenters. The lowest BCUT2D eigenvalue weighted by Crippen LogP contribution is -2.10. The second-order valence-corrected chi connectivity index (χ2v) is 9.20. The zero-order valence-electron chi connectivity index (χ0n) is 20.3. The summed E-state index contributed by atoms with van der Waals surface area (Å²) in [7, 11) is 1.63. The van der Waals surface area contributed by atoms with Crippen molar-refractivity contribution in [3.8, 4) is 22.8 Å². The van der Waals surface area contributed by atoms with E-state index in [1.165, 1.54) is 0 Å². The third kappa shape index (κ3) is 3.28. The average molecular weight is 487 g/mol. The van der Waals surface area contributed by atoms with Crippen molar-refractivity contribution in [3.63, 3.8) is 0 Å². The summed E-state index contributed by atoms with van der Waals surface area (Å²) in [5.74, 6) is 1.96. The van der Waals surface area contributed by atoms with Crippen molar-refractivity contribution in [1.82, 2.24) is 0 Å². The summed E-state index contributed by atoms with van der Waals surface area (Å²) in [6.07, 6.45) is 3.80. The number of hydrogen-bond acceptors (Lipinski definition) is 5. The van der Waals surface area contributed by atoms with E-state index in [9.17, 15) is 4.79 Å². The van der Waals surface area contributed by atoms with Crippen molar-refractivity contribution < 1.29 is 18.3 Å². The minimum Gasteiger partial charge on any atom is -0.496 e. The largest absolute Gasteiger partial charge is 0.496 e. The maximum absolute atomic E-state index is 12.9. The lowest BCUT2D eigenvalue weighted by molar-refractivity contribution is 0.253. The molecule has 1 unspecified atom stereocenters. The van der Waals surface area contributed by atoms with Crippen molar-refractivity contribution in [2.45, 2.75) is 13.0 Å². The zero-order valence-corrected chi connectivity index (χ0v) is 20.3. The van der Waals surface area contributed by atoms with Gasteiger partial charge in [0.15, 0.2) is 5.43 Å². The maximum atomic E-state index is 12.9. The number of hydrogen-bond donors (Lipinski definition) is 0. The van der Waals surface area contributed by atoms with Crippen LogP contribution in [0.2, 0.25) is 0 Å². The van der Waals surface area contributed by atoms with Gasteiger partial charge in [-0.05, 0) is 30.7 Å². The molecule has 0 aliphatic carbocycles. The first kappa shape index (κ1) is 21.5. The predicted molar refractivity (Wildman–Crippen MR) is 145 cm³/mol. The summed E-state index contributed by atoms with van der Waals surface area (Å²) in [6.45, 7) is 1.78. The van der Waals surface area contributed by atoms with Crippen LogP contribution in [0, 0.1) is 6.92 Å². The third-order valence-electron chi connectivity index (χ3n) is 7.03. The fraction of sp³-hybridized carbons (Fsp3) is 0.0938. The Morgan fingerprint density at radius 3 is 2.32 bits per heavy atom. The molecule has 0 bridgehead atoms. The van der Waals surface area contributed by atoms with Crippen LogP contribution in [0.4, 0.5) is 0 Å². The zero-order chi connectivity index (χ0) is 25.1. The Labute approximate surface area is 212 Å². The molecule has 37 heavy (non-hydrogen) atoms. The molecule has 5 heteroatoms. The van der Waals surface area contributed by atoms with Crippen LogP contribution in [0.15, 0.2) is 98.6 Å². The predicted octanol–water partition coefficient (Wildman–Crippen LogP) is 7.82. The maximum Gasteiger partial charge on any atom is 0.189 e. The van der Waals surface area contributed by atoms with E-state index in [0.29, 0.717) is 39.6 Å². The first-order valence-corrected chi connectivity index (χ1v) is 12.1. The van der Waals surface area contributed by atoms with Crippen molar-refractivity contribution in [2.75, 3.05) is 7.11 Å². The molecule has 3 heterocycles. The van der Waals surface area contributed by atoms with Crippen LogP contribution in [0.5, 0.6) is 11.5 Å². The van der Waals surface area contributed by atoms with Gasteiger partial charge in [0, 0.05) is 28.6 Å². The molecule has 5 nitrogen and oxygen atoms in total. The molecule has 0 N–H and O–H groups in total. The molecule has 6 aromatic rings. The summed E-state index contributed by atoms with van der Waals surface area (Å²) in [4.78, 5) is 12.9. The average Bonchev–Trinajstić information content (AvgIpc) is 2.95. The number of ether oxygens (including phenoxy) is 2. The lowest BCUT2D eigenvalue weighted by atomic mass is 9.96. The minimum absolute atomic E-state index is 0.140. The van der Waals surface area contributed by atoms with E-state index in [1.807, 2.05) is 84.9 Å². The van der Waals surface area contributed by atoms with E-state index in [2.05, 4.69) is 0 Å². The Morgan fingerprint density at radius 2 is 1.57 bits per heavy atom. The normalized spacial score (nSPS) is 14.7. The Kier molecular flexibility index (Phi) is 4.73. The van der Waals surface area contributed by atoms with Crippen molar-refractivity contribution >= 4 is 39.0 Å².